The summed E-state index contributed by atoms with van der Waals surface area (Å²) in [4.78, 5) is 27.6. The third-order valence-electron chi connectivity index (χ3n) is 4.85. The summed E-state index contributed by atoms with van der Waals surface area (Å²) in [6.07, 6.45) is 0.106. The number of para-hydroxylation sites is 1. The van der Waals surface area contributed by atoms with Crippen LogP contribution in [0.15, 0.2) is 60.7 Å². The van der Waals surface area contributed by atoms with Crippen LogP contribution in [0.25, 0.3) is 10.9 Å². The van der Waals surface area contributed by atoms with E-state index in [-0.39, 0.29) is 18.4 Å². The molecule has 1 atom stereocenters. The van der Waals surface area contributed by atoms with Gasteiger partial charge in [0.25, 0.3) is 5.91 Å². The Hall–Kier alpha value is -3.08. The van der Waals surface area contributed by atoms with Crippen molar-refractivity contribution in [1.82, 2.24) is 4.57 Å². The number of nitrogens with zero attached hydrogens (tertiary/aromatic N) is 2. The van der Waals surface area contributed by atoms with Gasteiger partial charge in [0, 0.05) is 5.39 Å². The number of rotatable bonds is 4. The van der Waals surface area contributed by atoms with Crippen LogP contribution in [0.4, 0.5) is 10.6 Å². The van der Waals surface area contributed by atoms with Crippen molar-refractivity contribution in [1.29, 1.82) is 0 Å². The Bertz CT molecular complexity index is 991. The Labute approximate surface area is 158 Å². The highest BCUT2D eigenvalue weighted by Gasteiger charge is 2.43. The summed E-state index contributed by atoms with van der Waals surface area (Å²) in [5, 5.41) is 0.935. The largest absolute Gasteiger partial charge is 0.444 e. The van der Waals surface area contributed by atoms with E-state index in [2.05, 4.69) is 0 Å². The molecule has 5 nitrogen and oxygen atoms in total. The van der Waals surface area contributed by atoms with Gasteiger partial charge in [-0.05, 0) is 30.0 Å². The lowest BCUT2D eigenvalue weighted by Gasteiger charge is -2.23. The van der Waals surface area contributed by atoms with Crippen LogP contribution in [-0.4, -0.2) is 22.6 Å². The summed E-state index contributed by atoms with van der Waals surface area (Å²) < 4.78 is 7.19. The molecule has 0 spiro atoms. The molecule has 0 aliphatic carbocycles. The lowest BCUT2D eigenvalue weighted by atomic mass is 10.0. The number of benzene rings is 2. The fourth-order valence-electron chi connectivity index (χ4n) is 3.63. The Morgan fingerprint density at radius 2 is 1.78 bits per heavy atom. The molecule has 0 radical (unpaired) electrons. The second kappa shape index (κ2) is 6.91. The van der Waals surface area contributed by atoms with Crippen molar-refractivity contribution in [2.75, 3.05) is 4.90 Å². The molecule has 2 aromatic carbocycles. The van der Waals surface area contributed by atoms with E-state index in [1.165, 1.54) is 4.90 Å². The maximum Gasteiger partial charge on any atom is 0.416 e. The summed E-state index contributed by atoms with van der Waals surface area (Å²) in [5.41, 5.74) is 1.74. The molecule has 138 valence electrons. The highest BCUT2D eigenvalue weighted by atomic mass is 16.6. The van der Waals surface area contributed by atoms with E-state index in [0.717, 1.165) is 16.5 Å². The number of amides is 1. The van der Waals surface area contributed by atoms with Crippen LogP contribution < -0.4 is 4.90 Å². The van der Waals surface area contributed by atoms with E-state index in [4.69, 9.17) is 4.74 Å². The zero-order chi connectivity index (χ0) is 19.0. The van der Waals surface area contributed by atoms with Gasteiger partial charge in [-0.2, -0.15) is 0 Å². The first-order valence-corrected chi connectivity index (χ1v) is 9.21. The summed E-state index contributed by atoms with van der Waals surface area (Å²) in [6, 6.07) is 18.6. The summed E-state index contributed by atoms with van der Waals surface area (Å²) in [5.74, 6) is 0.792. The Morgan fingerprint density at radius 1 is 1.07 bits per heavy atom. The van der Waals surface area contributed by atoms with Gasteiger partial charge in [0.1, 0.15) is 18.5 Å². The van der Waals surface area contributed by atoms with Gasteiger partial charge >= 0.3 is 6.09 Å². The van der Waals surface area contributed by atoms with Gasteiger partial charge < -0.3 is 4.74 Å². The van der Waals surface area contributed by atoms with Crippen molar-refractivity contribution in [3.63, 3.8) is 0 Å². The molecule has 27 heavy (non-hydrogen) atoms. The molecule has 0 saturated heterocycles. The fourth-order valence-corrected chi connectivity index (χ4v) is 3.63. The molecule has 1 amide bonds. The van der Waals surface area contributed by atoms with Crippen molar-refractivity contribution in [3.05, 3.63) is 66.2 Å². The average molecular weight is 362 g/mol. The lowest BCUT2D eigenvalue weighted by molar-refractivity contribution is 0.0886. The first-order chi connectivity index (χ1) is 13.1. The maximum atomic E-state index is 13.1. The molecule has 1 aromatic heterocycles. The quantitative estimate of drug-likeness (QED) is 0.666. The Kier molecular flexibility index (Phi) is 4.44. The molecule has 0 bridgehead atoms. The van der Waals surface area contributed by atoms with Crippen molar-refractivity contribution < 1.29 is 14.3 Å². The fraction of sp³-hybridized carbons (Fsp3) is 0.273. The van der Waals surface area contributed by atoms with Gasteiger partial charge in [-0.15, -0.1) is 0 Å². The third-order valence-corrected chi connectivity index (χ3v) is 4.85. The van der Waals surface area contributed by atoms with Crippen LogP contribution in [0.3, 0.4) is 0 Å². The van der Waals surface area contributed by atoms with Crippen LogP contribution >= 0.6 is 0 Å². The monoisotopic (exact) mass is 362 g/mol. The molecule has 5 heteroatoms. The van der Waals surface area contributed by atoms with E-state index >= 15 is 0 Å². The predicted octanol–water partition coefficient (Wildman–Crippen LogP) is 4.85. The molecule has 0 saturated carbocycles. The number of aromatic nitrogens is 1. The number of anilines is 1. The van der Waals surface area contributed by atoms with Gasteiger partial charge in [0.05, 0.1) is 5.52 Å². The van der Waals surface area contributed by atoms with Crippen molar-refractivity contribution in [2.45, 2.75) is 32.9 Å². The number of carbonyl (C=O) groups is 2. The minimum absolute atomic E-state index is 0.0726. The average Bonchev–Trinajstić information content (AvgIpc) is 3.16. The lowest BCUT2D eigenvalue weighted by Crippen LogP contribution is -2.41. The number of ether oxygens (including phenoxy) is 1. The second-order valence-electron chi connectivity index (χ2n) is 7.29. The standard InChI is InChI=1S/C22H22N2O3/c1-15(2)12-19-21(25)23-18-11-7-6-10-17(18)13-20(23)24(19)22(26)27-14-16-8-4-3-5-9-16/h3-11,13,15,19H,12,14H2,1-2H3/t19-/m0/s1. The van der Waals surface area contributed by atoms with E-state index in [1.54, 1.807) is 4.57 Å². The van der Waals surface area contributed by atoms with Crippen molar-refractivity contribution in [2.24, 2.45) is 5.92 Å². The molecule has 2 heterocycles. The zero-order valence-corrected chi connectivity index (χ0v) is 15.5. The smallest absolute Gasteiger partial charge is 0.416 e. The number of fused-ring (bicyclic) bond motifs is 3. The third kappa shape index (κ3) is 3.10. The van der Waals surface area contributed by atoms with E-state index in [9.17, 15) is 9.59 Å². The number of hydrogen-bond acceptors (Lipinski definition) is 3. The molecule has 0 N–H and O–H groups in total. The summed E-state index contributed by atoms with van der Waals surface area (Å²) in [6.45, 7) is 4.28. The zero-order valence-electron chi connectivity index (χ0n) is 15.5. The second-order valence-corrected chi connectivity index (χ2v) is 7.29. The highest BCUT2D eigenvalue weighted by Crippen LogP contribution is 2.36. The number of hydrogen-bond donors (Lipinski definition) is 0. The van der Waals surface area contributed by atoms with Crippen LogP contribution in [-0.2, 0) is 11.3 Å². The SMILES string of the molecule is CC(C)C[C@H]1C(=O)n2c(cc3ccccc32)N1C(=O)OCc1ccccc1. The Morgan fingerprint density at radius 3 is 2.52 bits per heavy atom. The molecule has 0 unspecified atom stereocenters. The molecule has 4 rings (SSSR count). The summed E-state index contributed by atoms with van der Waals surface area (Å²) >= 11 is 0. The van der Waals surface area contributed by atoms with E-state index < -0.39 is 12.1 Å². The van der Waals surface area contributed by atoms with Crippen LogP contribution in [0.5, 0.6) is 0 Å². The van der Waals surface area contributed by atoms with Crippen LogP contribution in [0.1, 0.15) is 30.6 Å². The van der Waals surface area contributed by atoms with Crippen LogP contribution in [0.2, 0.25) is 0 Å². The van der Waals surface area contributed by atoms with E-state index in [1.807, 2.05) is 74.5 Å². The van der Waals surface area contributed by atoms with Crippen LogP contribution in [0, 0.1) is 5.92 Å². The Balaban J connectivity index is 1.67. The maximum absolute atomic E-state index is 13.1. The molecule has 0 fully saturated rings. The van der Waals surface area contributed by atoms with Gasteiger partial charge in [0.2, 0.25) is 0 Å². The minimum Gasteiger partial charge on any atom is -0.444 e. The normalized spacial score (nSPS) is 16.2. The van der Waals surface area contributed by atoms with Gasteiger partial charge in [-0.3, -0.25) is 9.36 Å². The van der Waals surface area contributed by atoms with E-state index in [0.29, 0.717) is 12.2 Å². The first-order valence-electron chi connectivity index (χ1n) is 9.21. The summed E-state index contributed by atoms with van der Waals surface area (Å²) in [7, 11) is 0. The molecule has 1 aliphatic rings. The molecular formula is C22H22N2O3. The predicted molar refractivity (Wildman–Crippen MR) is 105 cm³/mol. The van der Waals surface area contributed by atoms with Gasteiger partial charge in [-0.25, -0.2) is 9.69 Å². The topological polar surface area (TPSA) is 51.5 Å². The highest BCUT2D eigenvalue weighted by molar-refractivity contribution is 6.10. The molecule has 3 aromatic rings. The van der Waals surface area contributed by atoms with Gasteiger partial charge in [-0.1, -0.05) is 62.4 Å². The van der Waals surface area contributed by atoms with Crippen molar-refractivity contribution >= 4 is 28.7 Å². The minimum atomic E-state index is -0.534. The van der Waals surface area contributed by atoms with Crippen molar-refractivity contribution in [3.8, 4) is 0 Å². The first kappa shape index (κ1) is 17.3. The molecular weight excluding hydrogens is 340 g/mol. The molecule has 1 aliphatic heterocycles. The van der Waals surface area contributed by atoms with Gasteiger partial charge in [0.15, 0.2) is 0 Å². The number of carbonyl (C=O) groups excluding carboxylic acids is 2.